The van der Waals surface area contributed by atoms with E-state index in [1.807, 2.05) is 6.92 Å². The molecule has 0 bridgehead atoms. The summed E-state index contributed by atoms with van der Waals surface area (Å²) < 4.78 is 4.86. The van der Waals surface area contributed by atoms with Gasteiger partial charge in [0.1, 0.15) is 5.92 Å². The van der Waals surface area contributed by atoms with Crippen LogP contribution in [-0.4, -0.2) is 36.5 Å². The summed E-state index contributed by atoms with van der Waals surface area (Å²) >= 11 is 0. The van der Waals surface area contributed by atoms with E-state index in [4.69, 9.17) is 4.74 Å². The first-order valence-corrected chi connectivity index (χ1v) is 5.16. The topological polar surface area (TPSA) is 46.6 Å². The number of nitrogens with zero attached hydrogens (tertiary/aromatic N) is 1. The molecule has 0 aromatic carbocycles. The lowest BCUT2D eigenvalue weighted by molar-refractivity contribution is -0.157. The number of carbonyl (C=O) groups excluding carboxylic acids is 2. The smallest absolute Gasteiger partial charge is 0.318 e. The molecule has 0 N–H and O–H groups in total. The van der Waals surface area contributed by atoms with Crippen LogP contribution in [0.1, 0.15) is 26.7 Å². The molecular weight excluding hydrogens is 182 g/mol. The summed E-state index contributed by atoms with van der Waals surface area (Å²) in [6.07, 6.45) is 1.53. The third-order valence-electron chi connectivity index (χ3n) is 2.48. The van der Waals surface area contributed by atoms with Gasteiger partial charge in [-0.3, -0.25) is 9.59 Å². The van der Waals surface area contributed by atoms with Crippen molar-refractivity contribution in [2.45, 2.75) is 26.7 Å². The SMILES string of the molecule is CCOC(=O)C1CCCN(CC)C1=O. The maximum Gasteiger partial charge on any atom is 0.318 e. The standard InChI is InChI=1S/C10H17NO3/c1-3-11-7-5-6-8(9(11)12)10(13)14-4-2/h8H,3-7H2,1-2H3. The van der Waals surface area contributed by atoms with E-state index < -0.39 is 5.92 Å². The molecular formula is C10H17NO3. The van der Waals surface area contributed by atoms with Crippen LogP contribution in [0.4, 0.5) is 0 Å². The number of esters is 1. The van der Waals surface area contributed by atoms with Crippen LogP contribution in [0, 0.1) is 5.92 Å². The first kappa shape index (κ1) is 11.0. The van der Waals surface area contributed by atoms with E-state index in [0.29, 0.717) is 19.6 Å². The number of hydrogen-bond donors (Lipinski definition) is 0. The summed E-state index contributed by atoms with van der Waals surface area (Å²) in [5, 5.41) is 0. The van der Waals surface area contributed by atoms with Crippen LogP contribution in [0.25, 0.3) is 0 Å². The van der Waals surface area contributed by atoms with Crippen molar-refractivity contribution in [1.29, 1.82) is 0 Å². The van der Waals surface area contributed by atoms with Gasteiger partial charge in [-0.25, -0.2) is 0 Å². The van der Waals surface area contributed by atoms with Gasteiger partial charge in [0.25, 0.3) is 0 Å². The molecule has 1 fully saturated rings. The molecule has 0 aliphatic carbocycles. The monoisotopic (exact) mass is 199 g/mol. The van der Waals surface area contributed by atoms with Gasteiger partial charge in [-0.15, -0.1) is 0 Å². The van der Waals surface area contributed by atoms with Gasteiger partial charge in [-0.2, -0.15) is 0 Å². The molecule has 14 heavy (non-hydrogen) atoms. The quantitative estimate of drug-likeness (QED) is 0.499. The summed E-state index contributed by atoms with van der Waals surface area (Å²) in [6, 6.07) is 0. The first-order chi connectivity index (χ1) is 6.70. The van der Waals surface area contributed by atoms with Gasteiger partial charge in [0.05, 0.1) is 6.61 Å². The van der Waals surface area contributed by atoms with Crippen LogP contribution < -0.4 is 0 Å². The molecule has 4 nitrogen and oxygen atoms in total. The molecule has 1 aliphatic heterocycles. The summed E-state index contributed by atoms with van der Waals surface area (Å²) in [5.41, 5.74) is 0. The summed E-state index contributed by atoms with van der Waals surface area (Å²) in [4.78, 5) is 24.8. The lowest BCUT2D eigenvalue weighted by Gasteiger charge is -2.30. The zero-order valence-corrected chi connectivity index (χ0v) is 8.78. The predicted molar refractivity (Wildman–Crippen MR) is 51.6 cm³/mol. The molecule has 0 saturated carbocycles. The Morgan fingerprint density at radius 1 is 1.57 bits per heavy atom. The molecule has 1 rings (SSSR count). The number of hydrogen-bond acceptors (Lipinski definition) is 3. The zero-order valence-electron chi connectivity index (χ0n) is 8.78. The minimum Gasteiger partial charge on any atom is -0.465 e. The fourth-order valence-corrected chi connectivity index (χ4v) is 1.72. The van der Waals surface area contributed by atoms with Crippen molar-refractivity contribution in [3.63, 3.8) is 0 Å². The second-order valence-corrected chi connectivity index (χ2v) is 3.36. The van der Waals surface area contributed by atoms with Gasteiger partial charge < -0.3 is 9.64 Å². The number of likely N-dealkylation sites (tertiary alicyclic amines) is 1. The van der Waals surface area contributed by atoms with Crippen LogP contribution >= 0.6 is 0 Å². The molecule has 0 aromatic heterocycles. The first-order valence-electron chi connectivity index (χ1n) is 5.16. The van der Waals surface area contributed by atoms with E-state index in [1.165, 1.54) is 0 Å². The maximum absolute atomic E-state index is 11.7. The summed E-state index contributed by atoms with van der Waals surface area (Å²) in [6.45, 7) is 5.46. The van der Waals surface area contributed by atoms with E-state index >= 15 is 0 Å². The second kappa shape index (κ2) is 4.98. The molecule has 0 aromatic rings. The van der Waals surface area contributed by atoms with Crippen LogP contribution in [-0.2, 0) is 14.3 Å². The van der Waals surface area contributed by atoms with Gasteiger partial charge in [0.15, 0.2) is 0 Å². The minimum atomic E-state index is -0.552. The predicted octanol–water partition coefficient (Wildman–Crippen LogP) is 0.808. The Kier molecular flexibility index (Phi) is 3.92. The lowest BCUT2D eigenvalue weighted by Crippen LogP contribution is -2.44. The van der Waals surface area contributed by atoms with Crippen molar-refractivity contribution >= 4 is 11.9 Å². The largest absolute Gasteiger partial charge is 0.465 e. The highest BCUT2D eigenvalue weighted by atomic mass is 16.5. The number of amides is 1. The van der Waals surface area contributed by atoms with Gasteiger partial charge in [-0.1, -0.05) is 0 Å². The molecule has 0 radical (unpaired) electrons. The number of ether oxygens (including phenoxy) is 1. The van der Waals surface area contributed by atoms with Crippen LogP contribution in [0.3, 0.4) is 0 Å². The Hall–Kier alpha value is -1.06. The van der Waals surface area contributed by atoms with Crippen molar-refractivity contribution in [3.05, 3.63) is 0 Å². The Morgan fingerprint density at radius 3 is 2.86 bits per heavy atom. The molecule has 1 unspecified atom stereocenters. The fraction of sp³-hybridized carbons (Fsp3) is 0.800. The fourth-order valence-electron chi connectivity index (χ4n) is 1.72. The number of piperidine rings is 1. The molecule has 1 amide bonds. The normalized spacial score (nSPS) is 22.3. The summed E-state index contributed by atoms with van der Waals surface area (Å²) in [5.74, 6) is -0.989. The van der Waals surface area contributed by atoms with Crippen molar-refractivity contribution in [2.75, 3.05) is 19.7 Å². The average Bonchev–Trinajstić information content (AvgIpc) is 2.18. The van der Waals surface area contributed by atoms with Crippen LogP contribution in [0.2, 0.25) is 0 Å². The minimum absolute atomic E-state index is 0.0720. The number of rotatable bonds is 3. The van der Waals surface area contributed by atoms with E-state index in [0.717, 1.165) is 13.0 Å². The van der Waals surface area contributed by atoms with E-state index in [9.17, 15) is 9.59 Å². The third kappa shape index (κ3) is 2.25. The Labute approximate surface area is 84.2 Å². The van der Waals surface area contributed by atoms with Crippen molar-refractivity contribution in [3.8, 4) is 0 Å². The third-order valence-corrected chi connectivity index (χ3v) is 2.48. The van der Waals surface area contributed by atoms with E-state index in [1.54, 1.807) is 11.8 Å². The molecule has 1 atom stereocenters. The maximum atomic E-state index is 11.7. The highest BCUT2D eigenvalue weighted by Gasteiger charge is 2.34. The van der Waals surface area contributed by atoms with Crippen molar-refractivity contribution < 1.29 is 14.3 Å². The van der Waals surface area contributed by atoms with Crippen molar-refractivity contribution in [2.24, 2.45) is 5.92 Å². The molecule has 4 heteroatoms. The zero-order chi connectivity index (χ0) is 10.6. The lowest BCUT2D eigenvalue weighted by atomic mass is 9.97. The Morgan fingerprint density at radius 2 is 2.29 bits per heavy atom. The molecule has 1 saturated heterocycles. The Bertz CT molecular complexity index is 227. The van der Waals surface area contributed by atoms with Gasteiger partial charge in [0, 0.05) is 13.1 Å². The van der Waals surface area contributed by atoms with Crippen LogP contribution in [0.15, 0.2) is 0 Å². The Balaban J connectivity index is 2.60. The average molecular weight is 199 g/mol. The highest BCUT2D eigenvalue weighted by Crippen LogP contribution is 2.18. The summed E-state index contributed by atoms with van der Waals surface area (Å²) in [7, 11) is 0. The van der Waals surface area contributed by atoms with Crippen LogP contribution in [0.5, 0.6) is 0 Å². The van der Waals surface area contributed by atoms with Gasteiger partial charge in [-0.05, 0) is 26.7 Å². The van der Waals surface area contributed by atoms with E-state index in [2.05, 4.69) is 0 Å². The molecule has 1 aliphatic rings. The molecule has 0 spiro atoms. The highest BCUT2D eigenvalue weighted by molar-refractivity contribution is 5.98. The number of carbonyl (C=O) groups is 2. The van der Waals surface area contributed by atoms with Crippen molar-refractivity contribution in [1.82, 2.24) is 4.90 Å². The van der Waals surface area contributed by atoms with Gasteiger partial charge >= 0.3 is 5.97 Å². The van der Waals surface area contributed by atoms with Gasteiger partial charge in [0.2, 0.25) is 5.91 Å². The van der Waals surface area contributed by atoms with E-state index in [-0.39, 0.29) is 11.9 Å². The second-order valence-electron chi connectivity index (χ2n) is 3.36. The molecule has 1 heterocycles. The molecule has 80 valence electrons.